The molecule has 1 atom stereocenters. The number of benzene rings is 1. The van der Waals surface area contributed by atoms with Gasteiger partial charge >= 0.3 is 0 Å². The summed E-state index contributed by atoms with van der Waals surface area (Å²) >= 11 is 0. The summed E-state index contributed by atoms with van der Waals surface area (Å²) in [6.45, 7) is 5.99. The van der Waals surface area contributed by atoms with Crippen molar-refractivity contribution in [3.63, 3.8) is 0 Å². The number of aliphatic hydroxyl groups excluding tert-OH is 1. The number of hydrogen-bond donors (Lipinski definition) is 1. The number of aliphatic hydroxyl groups is 1. The molecule has 0 aliphatic rings. The molecule has 0 saturated carbocycles. The topological polar surface area (TPSA) is 20.2 Å². The van der Waals surface area contributed by atoms with Crippen LogP contribution < -0.4 is 0 Å². The third-order valence-electron chi connectivity index (χ3n) is 2.67. The molecule has 0 amide bonds. The van der Waals surface area contributed by atoms with Crippen LogP contribution in [-0.4, -0.2) is 11.2 Å². The van der Waals surface area contributed by atoms with E-state index in [9.17, 15) is 5.11 Å². The third kappa shape index (κ3) is 5.56. The molecule has 0 saturated heterocycles. The molecule has 92 valence electrons. The number of aryl methyl sites for hydroxylation is 1. The molecule has 1 heteroatoms. The first-order valence-electron chi connectivity index (χ1n) is 6.20. The van der Waals surface area contributed by atoms with Crippen LogP contribution in [0.15, 0.2) is 30.3 Å². The molecule has 0 aliphatic heterocycles. The van der Waals surface area contributed by atoms with Crippen molar-refractivity contribution in [1.29, 1.82) is 0 Å². The van der Waals surface area contributed by atoms with Gasteiger partial charge in [-0.2, -0.15) is 0 Å². The van der Waals surface area contributed by atoms with Gasteiger partial charge in [0.05, 0.1) is 0 Å². The van der Waals surface area contributed by atoms with E-state index < -0.39 is 6.10 Å². The summed E-state index contributed by atoms with van der Waals surface area (Å²) in [6, 6.07) is 10.4. The molecule has 0 bridgehead atoms. The number of unbranched alkanes of at least 4 members (excludes halogenated alkanes) is 1. The zero-order valence-corrected chi connectivity index (χ0v) is 11.0. The monoisotopic (exact) mass is 230 g/mol. The van der Waals surface area contributed by atoms with E-state index in [1.165, 1.54) is 5.56 Å². The van der Waals surface area contributed by atoms with E-state index in [-0.39, 0.29) is 5.41 Å². The van der Waals surface area contributed by atoms with Crippen LogP contribution >= 0.6 is 0 Å². The fourth-order valence-electron chi connectivity index (χ4n) is 1.41. The Labute approximate surface area is 105 Å². The SMILES string of the molecule is CC(C)(C)[C@H](O)C#CCCCc1ccccc1. The van der Waals surface area contributed by atoms with Crippen LogP contribution in [0, 0.1) is 17.3 Å². The molecule has 0 spiro atoms. The standard InChI is InChI=1S/C16H22O/c1-16(2,3)15(17)13-9-5-8-12-14-10-6-4-7-11-14/h4,6-7,10-11,15,17H,5,8,12H2,1-3H3/t15-/m1/s1. The Kier molecular flexibility index (Phi) is 5.25. The molecular weight excluding hydrogens is 208 g/mol. The molecule has 0 heterocycles. The van der Waals surface area contributed by atoms with Gasteiger partial charge < -0.3 is 5.11 Å². The lowest BCUT2D eigenvalue weighted by molar-refractivity contribution is 0.114. The van der Waals surface area contributed by atoms with Crippen LogP contribution in [0.1, 0.15) is 39.2 Å². The maximum atomic E-state index is 9.73. The Morgan fingerprint density at radius 2 is 1.82 bits per heavy atom. The average Bonchev–Trinajstić information content (AvgIpc) is 2.28. The van der Waals surface area contributed by atoms with E-state index in [0.717, 1.165) is 19.3 Å². The fourth-order valence-corrected chi connectivity index (χ4v) is 1.41. The molecule has 1 aromatic rings. The molecule has 17 heavy (non-hydrogen) atoms. The van der Waals surface area contributed by atoms with Gasteiger partial charge in [0.1, 0.15) is 6.10 Å². The van der Waals surface area contributed by atoms with Crippen LogP contribution in [0.3, 0.4) is 0 Å². The van der Waals surface area contributed by atoms with Crippen molar-refractivity contribution in [2.45, 2.75) is 46.1 Å². The molecule has 1 rings (SSSR count). The van der Waals surface area contributed by atoms with E-state index in [1.807, 2.05) is 26.8 Å². The first-order valence-corrected chi connectivity index (χ1v) is 6.20. The molecule has 0 aromatic heterocycles. The maximum absolute atomic E-state index is 9.73. The zero-order valence-electron chi connectivity index (χ0n) is 11.0. The van der Waals surface area contributed by atoms with Crippen LogP contribution in [0.2, 0.25) is 0 Å². The Morgan fingerprint density at radius 3 is 2.41 bits per heavy atom. The Hall–Kier alpha value is -1.26. The molecule has 0 unspecified atom stereocenters. The van der Waals surface area contributed by atoms with Crippen LogP contribution in [0.4, 0.5) is 0 Å². The van der Waals surface area contributed by atoms with Crippen molar-refractivity contribution in [1.82, 2.24) is 0 Å². The summed E-state index contributed by atoms with van der Waals surface area (Å²) in [5.41, 5.74) is 1.21. The van der Waals surface area contributed by atoms with Crippen LogP contribution in [0.5, 0.6) is 0 Å². The average molecular weight is 230 g/mol. The normalized spacial score (nSPS) is 12.7. The Morgan fingerprint density at radius 1 is 1.18 bits per heavy atom. The maximum Gasteiger partial charge on any atom is 0.119 e. The second-order valence-electron chi connectivity index (χ2n) is 5.43. The van der Waals surface area contributed by atoms with E-state index in [1.54, 1.807) is 0 Å². The smallest absolute Gasteiger partial charge is 0.119 e. The highest BCUT2D eigenvalue weighted by molar-refractivity contribution is 5.15. The molecule has 1 nitrogen and oxygen atoms in total. The Bertz CT molecular complexity index is 375. The van der Waals surface area contributed by atoms with Gasteiger partial charge in [0.2, 0.25) is 0 Å². The van der Waals surface area contributed by atoms with E-state index in [4.69, 9.17) is 0 Å². The minimum atomic E-state index is -0.528. The van der Waals surface area contributed by atoms with Gasteiger partial charge in [-0.1, -0.05) is 57.0 Å². The quantitative estimate of drug-likeness (QED) is 0.623. The highest BCUT2D eigenvalue weighted by Gasteiger charge is 2.19. The predicted molar refractivity (Wildman–Crippen MR) is 72.6 cm³/mol. The summed E-state index contributed by atoms with van der Waals surface area (Å²) in [6.07, 6.45) is 2.43. The van der Waals surface area contributed by atoms with Gasteiger partial charge in [-0.25, -0.2) is 0 Å². The zero-order chi connectivity index (χ0) is 12.7. The van der Waals surface area contributed by atoms with Gasteiger partial charge in [-0.15, -0.1) is 5.92 Å². The van der Waals surface area contributed by atoms with Gasteiger partial charge in [0.25, 0.3) is 0 Å². The van der Waals surface area contributed by atoms with Crippen molar-refractivity contribution in [2.24, 2.45) is 5.41 Å². The minimum absolute atomic E-state index is 0.146. The summed E-state index contributed by atoms with van der Waals surface area (Å²) in [5, 5.41) is 9.73. The van der Waals surface area contributed by atoms with E-state index >= 15 is 0 Å². The first-order chi connectivity index (χ1) is 8.00. The molecule has 0 radical (unpaired) electrons. The summed E-state index contributed by atoms with van der Waals surface area (Å²) in [4.78, 5) is 0. The Balaban J connectivity index is 2.28. The minimum Gasteiger partial charge on any atom is -0.380 e. The van der Waals surface area contributed by atoms with Crippen LogP contribution in [0.25, 0.3) is 0 Å². The largest absolute Gasteiger partial charge is 0.380 e. The molecular formula is C16H22O. The van der Waals surface area contributed by atoms with E-state index in [0.29, 0.717) is 0 Å². The molecule has 0 fully saturated rings. The number of rotatable bonds is 3. The second-order valence-corrected chi connectivity index (χ2v) is 5.43. The molecule has 0 aliphatic carbocycles. The highest BCUT2D eigenvalue weighted by atomic mass is 16.3. The summed E-state index contributed by atoms with van der Waals surface area (Å²) < 4.78 is 0. The van der Waals surface area contributed by atoms with Gasteiger partial charge in [0, 0.05) is 6.42 Å². The van der Waals surface area contributed by atoms with Crippen LogP contribution in [-0.2, 0) is 6.42 Å². The highest BCUT2D eigenvalue weighted by Crippen LogP contribution is 2.18. The second kappa shape index (κ2) is 6.47. The summed E-state index contributed by atoms with van der Waals surface area (Å²) in [7, 11) is 0. The first kappa shape index (κ1) is 13.8. The van der Waals surface area contributed by atoms with Crippen molar-refractivity contribution < 1.29 is 5.11 Å². The lowest BCUT2D eigenvalue weighted by Crippen LogP contribution is -2.23. The molecule has 1 N–H and O–H groups in total. The number of hydrogen-bond acceptors (Lipinski definition) is 1. The van der Waals surface area contributed by atoms with Crippen molar-refractivity contribution in [3.8, 4) is 11.8 Å². The van der Waals surface area contributed by atoms with Gasteiger partial charge in [0.15, 0.2) is 0 Å². The van der Waals surface area contributed by atoms with Crippen molar-refractivity contribution in [2.75, 3.05) is 0 Å². The van der Waals surface area contributed by atoms with Crippen molar-refractivity contribution >= 4 is 0 Å². The lowest BCUT2D eigenvalue weighted by Gasteiger charge is -2.20. The fraction of sp³-hybridized carbons (Fsp3) is 0.500. The van der Waals surface area contributed by atoms with Gasteiger partial charge in [-0.3, -0.25) is 0 Å². The van der Waals surface area contributed by atoms with E-state index in [2.05, 4.69) is 36.1 Å². The molecule has 1 aromatic carbocycles. The predicted octanol–water partition coefficient (Wildman–Crippen LogP) is 3.42. The summed E-state index contributed by atoms with van der Waals surface area (Å²) in [5.74, 6) is 5.98. The van der Waals surface area contributed by atoms with Crippen molar-refractivity contribution in [3.05, 3.63) is 35.9 Å². The van der Waals surface area contributed by atoms with Gasteiger partial charge in [-0.05, 0) is 23.8 Å². The lowest BCUT2D eigenvalue weighted by atomic mass is 9.89. The third-order valence-corrected chi connectivity index (χ3v) is 2.67.